The fraction of sp³-hybridized carbons (Fsp3) is 0.267. The Bertz CT molecular complexity index is 666. The Morgan fingerprint density at radius 2 is 2.14 bits per heavy atom. The molecular formula is C15H15N3O3. The van der Waals surface area contributed by atoms with Gasteiger partial charge in [-0.1, -0.05) is 30.3 Å². The van der Waals surface area contributed by atoms with Crippen LogP contribution < -0.4 is 0 Å². The van der Waals surface area contributed by atoms with E-state index in [0.29, 0.717) is 6.54 Å². The Morgan fingerprint density at radius 3 is 2.81 bits per heavy atom. The van der Waals surface area contributed by atoms with Gasteiger partial charge < -0.3 is 10.0 Å². The molecule has 2 aromatic rings. The van der Waals surface area contributed by atoms with Crippen LogP contribution in [0.4, 0.5) is 0 Å². The number of carboxylic acids is 1. The minimum absolute atomic E-state index is 0.0784. The van der Waals surface area contributed by atoms with Gasteiger partial charge in [0.05, 0.1) is 23.9 Å². The lowest BCUT2D eigenvalue weighted by Crippen LogP contribution is -2.25. The molecule has 0 radical (unpaired) electrons. The van der Waals surface area contributed by atoms with Crippen molar-refractivity contribution in [1.82, 2.24) is 15.1 Å². The molecule has 2 heterocycles. The van der Waals surface area contributed by atoms with Crippen LogP contribution in [0.25, 0.3) is 11.3 Å². The van der Waals surface area contributed by atoms with Gasteiger partial charge >= 0.3 is 5.97 Å². The maximum absolute atomic E-state index is 11.8. The third kappa shape index (κ3) is 2.79. The summed E-state index contributed by atoms with van der Waals surface area (Å²) in [5.41, 5.74) is 2.61. The van der Waals surface area contributed by atoms with Crippen molar-refractivity contribution < 1.29 is 14.7 Å². The summed E-state index contributed by atoms with van der Waals surface area (Å²) in [4.78, 5) is 24.3. The van der Waals surface area contributed by atoms with Crippen LogP contribution in [0.5, 0.6) is 0 Å². The molecule has 1 amide bonds. The standard InChI is InChI=1S/C15H15N3O3/c19-14-6-11(15(20)21)8-18(14)9-12-7-13(17-16-12)10-4-2-1-3-5-10/h1-5,7,11H,6,8-9H2,(H,16,17)(H,20,21). The van der Waals surface area contributed by atoms with Crippen molar-refractivity contribution in [3.05, 3.63) is 42.1 Å². The quantitative estimate of drug-likeness (QED) is 0.891. The van der Waals surface area contributed by atoms with Crippen LogP contribution >= 0.6 is 0 Å². The zero-order chi connectivity index (χ0) is 14.8. The summed E-state index contributed by atoms with van der Waals surface area (Å²) in [6, 6.07) is 11.6. The first kappa shape index (κ1) is 13.4. The van der Waals surface area contributed by atoms with E-state index in [0.717, 1.165) is 17.0 Å². The summed E-state index contributed by atoms with van der Waals surface area (Å²) in [6.07, 6.45) is 0.0784. The Kier molecular flexibility index (Phi) is 3.43. The van der Waals surface area contributed by atoms with Gasteiger partial charge in [0.1, 0.15) is 0 Å². The number of hydrogen-bond donors (Lipinski definition) is 2. The molecule has 1 unspecified atom stereocenters. The largest absolute Gasteiger partial charge is 0.481 e. The second-order valence-corrected chi connectivity index (χ2v) is 5.16. The van der Waals surface area contributed by atoms with Gasteiger partial charge in [0.25, 0.3) is 0 Å². The lowest BCUT2D eigenvalue weighted by molar-refractivity contribution is -0.141. The number of amides is 1. The molecule has 1 aromatic carbocycles. The number of carbonyl (C=O) groups excluding carboxylic acids is 1. The number of likely N-dealkylation sites (tertiary alicyclic amines) is 1. The van der Waals surface area contributed by atoms with Gasteiger partial charge in [-0.15, -0.1) is 0 Å². The summed E-state index contributed by atoms with van der Waals surface area (Å²) in [7, 11) is 0. The van der Waals surface area contributed by atoms with E-state index in [1.807, 2.05) is 36.4 Å². The van der Waals surface area contributed by atoms with Crippen molar-refractivity contribution >= 4 is 11.9 Å². The first-order chi connectivity index (χ1) is 10.1. The van der Waals surface area contributed by atoms with Gasteiger partial charge in [0, 0.05) is 18.5 Å². The predicted octanol–water partition coefficient (Wildman–Crippen LogP) is 1.51. The van der Waals surface area contributed by atoms with E-state index in [9.17, 15) is 9.59 Å². The molecule has 0 saturated carbocycles. The molecule has 1 atom stereocenters. The molecule has 6 nitrogen and oxygen atoms in total. The second-order valence-electron chi connectivity index (χ2n) is 5.16. The minimum Gasteiger partial charge on any atom is -0.481 e. The highest BCUT2D eigenvalue weighted by Gasteiger charge is 2.34. The molecule has 1 aliphatic heterocycles. The van der Waals surface area contributed by atoms with E-state index in [1.165, 1.54) is 0 Å². The average molecular weight is 285 g/mol. The molecule has 1 saturated heterocycles. The van der Waals surface area contributed by atoms with Gasteiger partial charge in [0.2, 0.25) is 5.91 Å². The number of aromatic amines is 1. The van der Waals surface area contributed by atoms with Crippen molar-refractivity contribution in [3.8, 4) is 11.3 Å². The summed E-state index contributed by atoms with van der Waals surface area (Å²) in [6.45, 7) is 0.621. The molecule has 0 aliphatic carbocycles. The van der Waals surface area contributed by atoms with Gasteiger partial charge in [0.15, 0.2) is 0 Å². The van der Waals surface area contributed by atoms with Gasteiger partial charge in [-0.2, -0.15) is 5.10 Å². The molecule has 1 aromatic heterocycles. The van der Waals surface area contributed by atoms with Crippen LogP contribution in [0.1, 0.15) is 12.1 Å². The molecule has 3 rings (SSSR count). The molecule has 2 N–H and O–H groups in total. The fourth-order valence-corrected chi connectivity index (χ4v) is 2.50. The molecule has 0 bridgehead atoms. The van der Waals surface area contributed by atoms with E-state index in [4.69, 9.17) is 5.11 Å². The van der Waals surface area contributed by atoms with E-state index < -0.39 is 11.9 Å². The Hall–Kier alpha value is -2.63. The van der Waals surface area contributed by atoms with Gasteiger partial charge in [-0.25, -0.2) is 0 Å². The van der Waals surface area contributed by atoms with Crippen LogP contribution in [0.2, 0.25) is 0 Å². The van der Waals surface area contributed by atoms with Crippen molar-refractivity contribution in [2.75, 3.05) is 6.54 Å². The summed E-state index contributed by atoms with van der Waals surface area (Å²) >= 11 is 0. The zero-order valence-electron chi connectivity index (χ0n) is 11.3. The van der Waals surface area contributed by atoms with E-state index in [1.54, 1.807) is 4.90 Å². The van der Waals surface area contributed by atoms with Crippen LogP contribution in [0.15, 0.2) is 36.4 Å². The SMILES string of the molecule is O=C(O)C1CC(=O)N(Cc2cc(-c3ccccc3)n[nH]2)C1. The smallest absolute Gasteiger partial charge is 0.308 e. The number of nitrogens with one attached hydrogen (secondary N) is 1. The lowest BCUT2D eigenvalue weighted by atomic mass is 10.1. The molecule has 0 spiro atoms. The van der Waals surface area contributed by atoms with Crippen molar-refractivity contribution in [1.29, 1.82) is 0 Å². The van der Waals surface area contributed by atoms with E-state index in [2.05, 4.69) is 10.2 Å². The molecular weight excluding hydrogens is 270 g/mol. The van der Waals surface area contributed by atoms with Gasteiger partial charge in [-0.3, -0.25) is 14.7 Å². The number of benzene rings is 1. The second kappa shape index (κ2) is 5.40. The highest BCUT2D eigenvalue weighted by atomic mass is 16.4. The summed E-state index contributed by atoms with van der Waals surface area (Å²) < 4.78 is 0. The normalized spacial score (nSPS) is 18.2. The van der Waals surface area contributed by atoms with Crippen molar-refractivity contribution in [2.45, 2.75) is 13.0 Å². The number of aromatic nitrogens is 2. The molecule has 108 valence electrons. The number of nitrogens with zero attached hydrogens (tertiary/aromatic N) is 2. The predicted molar refractivity (Wildman–Crippen MR) is 75.2 cm³/mol. The maximum atomic E-state index is 11.8. The van der Waals surface area contributed by atoms with E-state index in [-0.39, 0.29) is 18.9 Å². The van der Waals surface area contributed by atoms with Crippen LogP contribution in [-0.2, 0) is 16.1 Å². The summed E-state index contributed by atoms with van der Waals surface area (Å²) in [5, 5.41) is 16.1. The monoisotopic (exact) mass is 285 g/mol. The zero-order valence-corrected chi connectivity index (χ0v) is 11.3. The third-order valence-electron chi connectivity index (χ3n) is 3.63. The maximum Gasteiger partial charge on any atom is 0.308 e. The molecule has 1 fully saturated rings. The Morgan fingerprint density at radius 1 is 1.38 bits per heavy atom. The average Bonchev–Trinajstić information content (AvgIpc) is 3.08. The number of H-pyrrole nitrogens is 1. The number of carbonyl (C=O) groups is 2. The number of rotatable bonds is 4. The Balaban J connectivity index is 1.71. The number of carboxylic acid groups (broad SMARTS) is 1. The summed E-state index contributed by atoms with van der Waals surface area (Å²) in [5.74, 6) is -1.65. The molecule has 1 aliphatic rings. The fourth-order valence-electron chi connectivity index (χ4n) is 2.50. The topological polar surface area (TPSA) is 86.3 Å². The van der Waals surface area contributed by atoms with Crippen molar-refractivity contribution in [2.24, 2.45) is 5.92 Å². The van der Waals surface area contributed by atoms with Gasteiger partial charge in [-0.05, 0) is 6.07 Å². The lowest BCUT2D eigenvalue weighted by Gasteiger charge is -2.14. The van der Waals surface area contributed by atoms with Crippen LogP contribution in [0.3, 0.4) is 0 Å². The number of aliphatic carboxylic acids is 1. The van der Waals surface area contributed by atoms with Crippen LogP contribution in [-0.4, -0.2) is 38.6 Å². The molecule has 6 heteroatoms. The Labute approximate surface area is 121 Å². The molecule has 21 heavy (non-hydrogen) atoms. The third-order valence-corrected chi connectivity index (χ3v) is 3.63. The van der Waals surface area contributed by atoms with E-state index >= 15 is 0 Å². The first-order valence-corrected chi connectivity index (χ1v) is 6.74. The van der Waals surface area contributed by atoms with Crippen LogP contribution in [0, 0.1) is 5.92 Å². The first-order valence-electron chi connectivity index (χ1n) is 6.74. The minimum atomic E-state index is -0.916. The van der Waals surface area contributed by atoms with Crippen molar-refractivity contribution in [3.63, 3.8) is 0 Å². The number of hydrogen-bond acceptors (Lipinski definition) is 3. The highest BCUT2D eigenvalue weighted by Crippen LogP contribution is 2.22. The highest BCUT2D eigenvalue weighted by molar-refractivity contribution is 5.86.